The number of phenolic OH excluding ortho intramolecular Hbond substituents is 1. The van der Waals surface area contributed by atoms with E-state index in [9.17, 15) is 19.8 Å². The molecule has 0 heterocycles. The summed E-state index contributed by atoms with van der Waals surface area (Å²) in [5.41, 5.74) is 2.42. The first-order valence-electron chi connectivity index (χ1n) is 9.49. The first-order chi connectivity index (χ1) is 15.0. The van der Waals surface area contributed by atoms with Crippen molar-refractivity contribution in [3.05, 3.63) is 89.5 Å². The van der Waals surface area contributed by atoms with Gasteiger partial charge in [0.1, 0.15) is 5.75 Å². The van der Waals surface area contributed by atoms with Gasteiger partial charge in [0.2, 0.25) is 0 Å². The molecule has 0 aromatic heterocycles. The molecule has 8 heteroatoms. The molecule has 1 atom stereocenters. The molecule has 31 heavy (non-hydrogen) atoms. The van der Waals surface area contributed by atoms with Crippen molar-refractivity contribution in [1.82, 2.24) is 5.32 Å². The van der Waals surface area contributed by atoms with Gasteiger partial charge in [0.05, 0.1) is 12.3 Å². The van der Waals surface area contributed by atoms with E-state index in [1.54, 1.807) is 48.5 Å². The third-order valence-corrected chi connectivity index (χ3v) is 4.88. The first kappa shape index (κ1) is 22.2. The van der Waals surface area contributed by atoms with Gasteiger partial charge in [-0.1, -0.05) is 36.4 Å². The molecule has 0 unspecified atom stereocenters. The first-order valence-corrected chi connectivity index (χ1v) is 9.93. The number of benzene rings is 3. The van der Waals surface area contributed by atoms with Crippen molar-refractivity contribution >= 4 is 30.3 Å². The average molecular weight is 439 g/mol. The number of carbonyl (C=O) groups excluding carboxylic acids is 2. The topological polar surface area (TPSA) is 108 Å². The second-order valence-electron chi connectivity index (χ2n) is 6.69. The van der Waals surface area contributed by atoms with Crippen LogP contribution >= 0.6 is 12.6 Å². The highest BCUT2D eigenvalue weighted by Crippen LogP contribution is 2.21. The Morgan fingerprint density at radius 2 is 1.65 bits per heavy atom. The Labute approximate surface area is 185 Å². The molecule has 0 bridgehead atoms. The molecule has 0 spiro atoms. The maximum Gasteiger partial charge on any atom is 0.408 e. The highest BCUT2D eigenvalue weighted by atomic mass is 32.1. The number of amides is 2. The normalized spacial score (nSPS) is 11.4. The number of anilines is 1. The predicted octanol–water partition coefficient (Wildman–Crippen LogP) is 3.89. The van der Waals surface area contributed by atoms with Gasteiger partial charge < -0.3 is 25.6 Å². The number of nitrogens with one attached hydrogen (secondary N) is 2. The molecule has 0 aliphatic heterocycles. The zero-order chi connectivity index (χ0) is 22.2. The van der Waals surface area contributed by atoms with E-state index in [-0.39, 0.29) is 18.2 Å². The lowest BCUT2D eigenvalue weighted by Crippen LogP contribution is -2.26. The number of aliphatic hydroxyl groups is 1. The van der Waals surface area contributed by atoms with Gasteiger partial charge in [0, 0.05) is 17.0 Å². The summed E-state index contributed by atoms with van der Waals surface area (Å²) in [5.74, 6) is -0.183. The molecule has 0 saturated heterocycles. The second-order valence-corrected chi connectivity index (χ2v) is 7.17. The number of carbonyl (C=O) groups is 2. The second kappa shape index (κ2) is 10.5. The van der Waals surface area contributed by atoms with Crippen molar-refractivity contribution in [2.75, 3.05) is 11.9 Å². The highest BCUT2D eigenvalue weighted by Gasteiger charge is 2.16. The van der Waals surface area contributed by atoms with Gasteiger partial charge >= 0.3 is 6.09 Å². The number of hydrogen-bond donors (Lipinski definition) is 5. The molecule has 0 radical (unpaired) electrons. The minimum atomic E-state index is -0.846. The van der Waals surface area contributed by atoms with E-state index in [0.29, 0.717) is 21.7 Å². The molecule has 4 N–H and O–H groups in total. The van der Waals surface area contributed by atoms with Crippen molar-refractivity contribution in [1.29, 1.82) is 0 Å². The molecule has 3 rings (SSSR count). The number of rotatable bonds is 7. The molecule has 0 aliphatic rings. The molecule has 2 amide bonds. The van der Waals surface area contributed by atoms with Crippen LogP contribution < -0.4 is 10.6 Å². The fourth-order valence-electron chi connectivity index (χ4n) is 2.79. The van der Waals surface area contributed by atoms with Crippen LogP contribution in [0.1, 0.15) is 27.6 Å². The van der Waals surface area contributed by atoms with E-state index >= 15 is 0 Å². The van der Waals surface area contributed by atoms with Crippen molar-refractivity contribution in [3.63, 3.8) is 0 Å². The Morgan fingerprint density at radius 1 is 0.968 bits per heavy atom. The SMILES string of the molecule is O=C(NCc1ccc(C(=O)Nc2ccccc2S)cc1)O[C@H](CO)c1ccc(O)cc1. The van der Waals surface area contributed by atoms with Gasteiger partial charge in [0.15, 0.2) is 6.10 Å². The van der Waals surface area contributed by atoms with Gasteiger partial charge in [-0.05, 0) is 47.5 Å². The number of ether oxygens (including phenoxy) is 1. The van der Waals surface area contributed by atoms with E-state index in [4.69, 9.17) is 4.74 Å². The molecule has 0 saturated carbocycles. The molecular weight excluding hydrogens is 416 g/mol. The molecule has 160 valence electrons. The minimum absolute atomic E-state index is 0.0804. The van der Waals surface area contributed by atoms with Crippen LogP contribution in [0.25, 0.3) is 0 Å². The average Bonchev–Trinajstić information content (AvgIpc) is 2.78. The van der Waals surface area contributed by atoms with Gasteiger partial charge in [-0.2, -0.15) is 0 Å². The van der Waals surface area contributed by atoms with E-state index in [0.717, 1.165) is 5.56 Å². The van der Waals surface area contributed by atoms with Crippen LogP contribution in [0.3, 0.4) is 0 Å². The van der Waals surface area contributed by atoms with E-state index in [1.807, 2.05) is 12.1 Å². The molecule has 3 aromatic carbocycles. The molecule has 0 aliphatic carbocycles. The summed E-state index contributed by atoms with van der Waals surface area (Å²) < 4.78 is 5.23. The third-order valence-electron chi connectivity index (χ3n) is 4.49. The number of hydrogen-bond acceptors (Lipinski definition) is 6. The number of para-hydroxylation sites is 1. The Kier molecular flexibility index (Phi) is 7.53. The van der Waals surface area contributed by atoms with Crippen LogP contribution in [0.15, 0.2) is 77.7 Å². The van der Waals surface area contributed by atoms with Crippen LogP contribution in [-0.4, -0.2) is 28.8 Å². The van der Waals surface area contributed by atoms with Crippen molar-refractivity contribution in [2.45, 2.75) is 17.5 Å². The monoisotopic (exact) mass is 438 g/mol. The summed E-state index contributed by atoms with van der Waals surface area (Å²) in [6.45, 7) is -0.203. The summed E-state index contributed by atoms with van der Waals surface area (Å²) >= 11 is 4.31. The molecule has 3 aromatic rings. The summed E-state index contributed by atoms with van der Waals surface area (Å²) in [7, 11) is 0. The van der Waals surface area contributed by atoms with Crippen LogP contribution in [0.5, 0.6) is 5.75 Å². The van der Waals surface area contributed by atoms with E-state index in [2.05, 4.69) is 23.3 Å². The lowest BCUT2D eigenvalue weighted by atomic mass is 10.1. The Bertz CT molecular complexity index is 1040. The van der Waals surface area contributed by atoms with Gasteiger partial charge in [-0.15, -0.1) is 12.6 Å². The smallest absolute Gasteiger partial charge is 0.408 e. The van der Waals surface area contributed by atoms with Crippen molar-refractivity contribution in [2.24, 2.45) is 0 Å². The van der Waals surface area contributed by atoms with Gasteiger partial charge in [-0.25, -0.2) is 4.79 Å². The highest BCUT2D eigenvalue weighted by molar-refractivity contribution is 7.80. The summed E-state index contributed by atoms with van der Waals surface area (Å²) in [6, 6.07) is 20.0. The molecule has 0 fully saturated rings. The quantitative estimate of drug-likeness (QED) is 0.360. The van der Waals surface area contributed by atoms with Crippen molar-refractivity contribution in [3.8, 4) is 5.75 Å². The van der Waals surface area contributed by atoms with Crippen LogP contribution in [0.4, 0.5) is 10.5 Å². The maximum atomic E-state index is 12.4. The number of thiol groups is 1. The fraction of sp³-hybridized carbons (Fsp3) is 0.130. The Balaban J connectivity index is 1.52. The van der Waals surface area contributed by atoms with Gasteiger partial charge in [0.25, 0.3) is 5.91 Å². The third kappa shape index (κ3) is 6.24. The lowest BCUT2D eigenvalue weighted by molar-refractivity contribution is 0.0568. The maximum absolute atomic E-state index is 12.4. The number of phenols is 1. The summed E-state index contributed by atoms with van der Waals surface area (Å²) in [6.07, 6.45) is -1.54. The predicted molar refractivity (Wildman–Crippen MR) is 119 cm³/mol. The van der Waals surface area contributed by atoms with E-state index < -0.39 is 18.8 Å². The summed E-state index contributed by atoms with van der Waals surface area (Å²) in [5, 5.41) is 24.2. The van der Waals surface area contributed by atoms with E-state index in [1.165, 1.54) is 12.1 Å². The zero-order valence-corrected chi connectivity index (χ0v) is 17.4. The standard InChI is InChI=1S/C23H22N2O5S/c26-14-20(16-9-11-18(27)12-10-16)30-23(29)24-13-15-5-7-17(8-6-15)22(28)25-19-3-1-2-4-21(19)31/h1-12,20,26-27,31H,13-14H2,(H,24,29)(H,25,28)/t20-/m1/s1. The van der Waals surface area contributed by atoms with Crippen molar-refractivity contribution < 1.29 is 24.5 Å². The zero-order valence-electron chi connectivity index (χ0n) is 16.5. The summed E-state index contributed by atoms with van der Waals surface area (Å²) in [4.78, 5) is 25.1. The van der Waals surface area contributed by atoms with Crippen LogP contribution in [-0.2, 0) is 11.3 Å². The minimum Gasteiger partial charge on any atom is -0.508 e. The van der Waals surface area contributed by atoms with Crippen LogP contribution in [0.2, 0.25) is 0 Å². The number of aromatic hydroxyl groups is 1. The Hall–Kier alpha value is -3.49. The molecular formula is C23H22N2O5S. The number of alkyl carbamates (subject to hydrolysis) is 1. The Morgan fingerprint density at radius 3 is 2.29 bits per heavy atom. The van der Waals surface area contributed by atoms with Crippen LogP contribution in [0, 0.1) is 0 Å². The van der Waals surface area contributed by atoms with Gasteiger partial charge in [-0.3, -0.25) is 4.79 Å². The largest absolute Gasteiger partial charge is 0.508 e. The lowest BCUT2D eigenvalue weighted by Gasteiger charge is -2.16. The molecule has 7 nitrogen and oxygen atoms in total. The number of aliphatic hydroxyl groups excluding tert-OH is 1. The fourth-order valence-corrected chi connectivity index (χ4v) is 3.01.